The molecule has 1 N–H and O–H groups in total. The highest BCUT2D eigenvalue weighted by Gasteiger charge is 2.30. The Morgan fingerprint density at radius 2 is 2.11 bits per heavy atom. The van der Waals surface area contributed by atoms with Crippen LogP contribution in [0.3, 0.4) is 0 Å². The first-order valence-corrected chi connectivity index (χ1v) is 13.9. The summed E-state index contributed by atoms with van der Waals surface area (Å²) in [6.07, 6.45) is 13.9. The summed E-state index contributed by atoms with van der Waals surface area (Å²) in [5, 5.41) is 3.52. The van der Waals surface area contributed by atoms with Gasteiger partial charge >= 0.3 is 0 Å². The quantitative estimate of drug-likeness (QED) is 0.506. The number of fused-ring (bicyclic) bond motifs is 2. The molecule has 0 bridgehead atoms. The number of hydrogen-bond acceptors (Lipinski definition) is 5. The van der Waals surface area contributed by atoms with Gasteiger partial charge in [-0.25, -0.2) is 0 Å². The van der Waals surface area contributed by atoms with Crippen molar-refractivity contribution in [2.24, 2.45) is 0 Å². The van der Waals surface area contributed by atoms with Crippen LogP contribution in [0.4, 0.5) is 0 Å². The van der Waals surface area contributed by atoms with Gasteiger partial charge in [-0.2, -0.15) is 0 Å². The van der Waals surface area contributed by atoms with Crippen LogP contribution < -0.4 is 15.6 Å². The Balaban J connectivity index is 1.29. The fourth-order valence-corrected chi connectivity index (χ4v) is 6.08. The Labute approximate surface area is 223 Å². The van der Waals surface area contributed by atoms with Crippen LogP contribution in [-0.2, 0) is 11.3 Å². The summed E-state index contributed by atoms with van der Waals surface area (Å²) in [6.45, 7) is 10.1. The van der Waals surface area contributed by atoms with Crippen molar-refractivity contribution in [2.45, 2.75) is 64.1 Å². The van der Waals surface area contributed by atoms with Crippen molar-refractivity contribution >= 4 is 23.0 Å². The number of piperazine rings is 1. The van der Waals surface area contributed by atoms with E-state index in [1.807, 2.05) is 48.9 Å². The number of nitrogens with one attached hydrogen (secondary N) is 1. The van der Waals surface area contributed by atoms with Crippen molar-refractivity contribution in [1.82, 2.24) is 24.1 Å². The average Bonchev–Trinajstić information content (AvgIpc) is 3.49. The van der Waals surface area contributed by atoms with Gasteiger partial charge in [0.15, 0.2) is 0 Å². The van der Waals surface area contributed by atoms with E-state index in [1.165, 1.54) is 25.9 Å². The number of aromatic nitrogens is 2. The number of carbonyl (C=O) groups excluding carboxylic acids is 1. The summed E-state index contributed by atoms with van der Waals surface area (Å²) in [5.41, 5.74) is 1.04. The van der Waals surface area contributed by atoms with Gasteiger partial charge in [0.05, 0.1) is 12.8 Å². The van der Waals surface area contributed by atoms with Crippen molar-refractivity contribution < 1.29 is 9.53 Å². The largest absolute Gasteiger partial charge is 0.492 e. The molecule has 0 radical (unpaired) electrons. The van der Waals surface area contributed by atoms with E-state index in [2.05, 4.69) is 15.1 Å². The zero-order valence-electron chi connectivity index (χ0n) is 21.9. The van der Waals surface area contributed by atoms with E-state index in [4.69, 9.17) is 16.3 Å². The number of carbonyl (C=O) groups is 1. The van der Waals surface area contributed by atoms with Crippen molar-refractivity contribution in [1.29, 1.82) is 0 Å². The van der Waals surface area contributed by atoms with Gasteiger partial charge in [0.1, 0.15) is 17.8 Å². The smallest absolute Gasteiger partial charge is 0.275 e. The van der Waals surface area contributed by atoms with E-state index >= 15 is 0 Å². The third kappa shape index (κ3) is 6.13. The fourth-order valence-electron chi connectivity index (χ4n) is 5.83. The Morgan fingerprint density at radius 1 is 1.24 bits per heavy atom. The second-order valence-corrected chi connectivity index (χ2v) is 11.2. The van der Waals surface area contributed by atoms with Crippen molar-refractivity contribution in [3.8, 4) is 5.75 Å². The van der Waals surface area contributed by atoms with Crippen molar-refractivity contribution in [2.75, 3.05) is 39.3 Å². The molecule has 200 valence electrons. The van der Waals surface area contributed by atoms with Crippen LogP contribution in [0.25, 0.3) is 5.52 Å². The standard InChI is InChI=1S/C28H38ClN5O3/c1-20(2)30-27(35)19-34-26(21-6-3-7-22(29)14-21)18-33-17-24(15-25(33)28(34)36)37-13-5-9-31-11-12-32-10-4-8-23(32)16-31/h3,7,14-15,17-18,20-21,23H,4-6,8-13,16,19H2,1-2H3,(H,30,35)/t21?,23-/m0/s1. The monoisotopic (exact) mass is 527 g/mol. The molecule has 0 saturated carbocycles. The Bertz CT molecular complexity index is 1250. The molecule has 0 spiro atoms. The average molecular weight is 528 g/mol. The van der Waals surface area contributed by atoms with E-state index in [1.54, 1.807) is 10.6 Å². The SMILES string of the molecule is CC(C)NC(=O)Cn1c(C2C=C(Cl)C=CC2)cn2cc(OCCCN3CCN4CCC[C@H]4C3)cc2c1=O. The number of ether oxygens (including phenoxy) is 1. The molecule has 4 heterocycles. The van der Waals surface area contributed by atoms with E-state index < -0.39 is 0 Å². The maximum absolute atomic E-state index is 13.6. The topological polar surface area (TPSA) is 71.2 Å². The van der Waals surface area contributed by atoms with Crippen LogP contribution in [0.5, 0.6) is 5.75 Å². The summed E-state index contributed by atoms with van der Waals surface area (Å²) < 4.78 is 9.47. The number of nitrogens with zero attached hydrogens (tertiary/aromatic N) is 4. The van der Waals surface area contributed by atoms with Gasteiger partial charge in [0.25, 0.3) is 5.56 Å². The van der Waals surface area contributed by atoms with Gasteiger partial charge in [-0.05, 0) is 52.2 Å². The van der Waals surface area contributed by atoms with Crippen LogP contribution in [-0.4, -0.2) is 76.1 Å². The molecule has 1 aliphatic carbocycles. The molecule has 3 aliphatic rings. The van der Waals surface area contributed by atoms with Crippen LogP contribution in [0.1, 0.15) is 51.1 Å². The molecule has 2 aromatic heterocycles. The van der Waals surface area contributed by atoms with Gasteiger partial charge in [0, 0.05) is 67.2 Å². The van der Waals surface area contributed by atoms with Gasteiger partial charge < -0.3 is 19.4 Å². The van der Waals surface area contributed by atoms with Crippen molar-refractivity contribution in [3.63, 3.8) is 0 Å². The van der Waals surface area contributed by atoms with Crippen molar-refractivity contribution in [3.05, 3.63) is 57.8 Å². The molecule has 2 atom stereocenters. The molecule has 9 heteroatoms. The minimum atomic E-state index is -0.209. The van der Waals surface area contributed by atoms with Crippen LogP contribution in [0.15, 0.2) is 46.5 Å². The minimum Gasteiger partial charge on any atom is -0.492 e. The second-order valence-electron chi connectivity index (χ2n) is 10.8. The molecule has 2 aliphatic heterocycles. The lowest BCUT2D eigenvalue weighted by molar-refractivity contribution is -0.122. The molecule has 2 aromatic rings. The molecular formula is C28H38ClN5O3. The summed E-state index contributed by atoms with van der Waals surface area (Å²) in [4.78, 5) is 31.4. The second kappa shape index (κ2) is 11.5. The van der Waals surface area contributed by atoms with Gasteiger partial charge in [-0.1, -0.05) is 23.8 Å². The number of halogens is 1. The van der Waals surface area contributed by atoms with Gasteiger partial charge in [-0.15, -0.1) is 0 Å². The highest BCUT2D eigenvalue weighted by molar-refractivity contribution is 6.31. The number of allylic oxidation sites excluding steroid dienone is 4. The predicted molar refractivity (Wildman–Crippen MR) is 147 cm³/mol. The third-order valence-corrected chi connectivity index (χ3v) is 7.84. The van der Waals surface area contributed by atoms with E-state index in [0.29, 0.717) is 29.3 Å². The molecule has 8 nitrogen and oxygen atoms in total. The summed E-state index contributed by atoms with van der Waals surface area (Å²) in [7, 11) is 0. The maximum Gasteiger partial charge on any atom is 0.275 e. The maximum atomic E-state index is 13.6. The van der Waals surface area contributed by atoms with E-state index in [0.717, 1.165) is 37.8 Å². The van der Waals surface area contributed by atoms with Crippen LogP contribution in [0, 0.1) is 0 Å². The highest BCUT2D eigenvalue weighted by Crippen LogP contribution is 2.29. The zero-order valence-corrected chi connectivity index (χ0v) is 22.6. The number of amides is 1. The summed E-state index contributed by atoms with van der Waals surface area (Å²) in [6, 6.07) is 2.51. The number of hydrogen-bond donors (Lipinski definition) is 1. The Kier molecular flexibility index (Phi) is 8.07. The molecule has 2 fully saturated rings. The first kappa shape index (κ1) is 26.1. The van der Waals surface area contributed by atoms with Crippen LogP contribution >= 0.6 is 11.6 Å². The molecule has 0 aromatic carbocycles. The fraction of sp³-hybridized carbons (Fsp3) is 0.571. The Morgan fingerprint density at radius 3 is 2.92 bits per heavy atom. The first-order valence-electron chi connectivity index (χ1n) is 13.6. The molecule has 1 unspecified atom stereocenters. The normalized spacial score (nSPS) is 22.4. The molecule has 1 amide bonds. The highest BCUT2D eigenvalue weighted by atomic mass is 35.5. The van der Waals surface area contributed by atoms with E-state index in [-0.39, 0.29) is 30.0 Å². The van der Waals surface area contributed by atoms with Crippen LogP contribution in [0.2, 0.25) is 0 Å². The predicted octanol–water partition coefficient (Wildman–Crippen LogP) is 3.34. The molecule has 37 heavy (non-hydrogen) atoms. The molecular weight excluding hydrogens is 490 g/mol. The van der Waals surface area contributed by atoms with E-state index in [9.17, 15) is 9.59 Å². The molecule has 2 saturated heterocycles. The first-order chi connectivity index (χ1) is 17.9. The lowest BCUT2D eigenvalue weighted by Gasteiger charge is -2.37. The summed E-state index contributed by atoms with van der Waals surface area (Å²) in [5.74, 6) is 0.393. The third-order valence-electron chi connectivity index (χ3n) is 7.59. The number of rotatable bonds is 9. The lowest BCUT2D eigenvalue weighted by atomic mass is 9.97. The Hall–Kier alpha value is -2.55. The zero-order chi connectivity index (χ0) is 25.9. The summed E-state index contributed by atoms with van der Waals surface area (Å²) >= 11 is 6.28. The van der Waals surface area contributed by atoms with Gasteiger partial charge in [-0.3, -0.25) is 19.1 Å². The lowest BCUT2D eigenvalue weighted by Crippen LogP contribution is -2.50. The molecule has 5 rings (SSSR count). The minimum absolute atomic E-state index is 0.00215. The van der Waals surface area contributed by atoms with Gasteiger partial charge in [0.2, 0.25) is 5.91 Å².